The van der Waals surface area contributed by atoms with Crippen molar-refractivity contribution >= 4 is 34.4 Å². The highest BCUT2D eigenvalue weighted by molar-refractivity contribution is 7.80. The van der Waals surface area contributed by atoms with E-state index < -0.39 is 0 Å². The van der Waals surface area contributed by atoms with Gasteiger partial charge in [-0.05, 0) is 54.5 Å². The molecule has 110 valence electrons. The van der Waals surface area contributed by atoms with Crippen LogP contribution < -0.4 is 16.0 Å². The minimum Gasteiger partial charge on any atom is -0.362 e. The number of nitrogens with one attached hydrogen (secondary N) is 3. The molecule has 4 heteroatoms. The molecule has 0 fully saturated rings. The second kappa shape index (κ2) is 7.64. The van der Waals surface area contributed by atoms with Gasteiger partial charge in [0.05, 0.1) is 0 Å². The molecule has 0 radical (unpaired) electrons. The van der Waals surface area contributed by atoms with Crippen molar-refractivity contribution < 1.29 is 0 Å². The standard InChI is InChI=1S/C17H21N3S/c1-13(2)12-18-17(21)20-16-10-8-15(9-11-16)19-14-6-4-3-5-7-14/h3-11,13,19H,12H2,1-2H3,(H2,18,20,21). The first kappa shape index (κ1) is 15.3. The molecule has 0 amide bonds. The predicted molar refractivity (Wildman–Crippen MR) is 95.2 cm³/mol. The van der Waals surface area contributed by atoms with Crippen LogP contribution in [0.5, 0.6) is 0 Å². The normalized spacial score (nSPS) is 10.2. The van der Waals surface area contributed by atoms with Crippen molar-refractivity contribution in [2.45, 2.75) is 13.8 Å². The molecule has 0 unspecified atom stereocenters. The van der Waals surface area contributed by atoms with Crippen molar-refractivity contribution in [3.63, 3.8) is 0 Å². The summed E-state index contributed by atoms with van der Waals surface area (Å²) in [5.41, 5.74) is 3.11. The maximum absolute atomic E-state index is 5.25. The third kappa shape index (κ3) is 5.44. The van der Waals surface area contributed by atoms with Gasteiger partial charge in [-0.1, -0.05) is 32.0 Å². The van der Waals surface area contributed by atoms with Crippen LogP contribution in [-0.4, -0.2) is 11.7 Å². The molecule has 2 aromatic rings. The minimum absolute atomic E-state index is 0.571. The van der Waals surface area contributed by atoms with E-state index >= 15 is 0 Å². The van der Waals surface area contributed by atoms with E-state index in [2.05, 4.69) is 29.8 Å². The highest BCUT2D eigenvalue weighted by atomic mass is 32.1. The van der Waals surface area contributed by atoms with Gasteiger partial charge in [0.1, 0.15) is 0 Å². The lowest BCUT2D eigenvalue weighted by Crippen LogP contribution is -2.31. The average molecular weight is 299 g/mol. The summed E-state index contributed by atoms with van der Waals surface area (Å²) in [7, 11) is 0. The van der Waals surface area contributed by atoms with Gasteiger partial charge < -0.3 is 16.0 Å². The second-order valence-electron chi connectivity index (χ2n) is 5.30. The lowest BCUT2D eigenvalue weighted by Gasteiger charge is -2.13. The summed E-state index contributed by atoms with van der Waals surface area (Å²) in [5, 5.41) is 10.4. The maximum atomic E-state index is 5.25. The van der Waals surface area contributed by atoms with Gasteiger partial charge in [-0.2, -0.15) is 0 Å². The molecule has 0 aliphatic heterocycles. The molecule has 2 rings (SSSR count). The molecular weight excluding hydrogens is 278 g/mol. The fourth-order valence-corrected chi connectivity index (χ4v) is 2.00. The van der Waals surface area contributed by atoms with E-state index in [0.29, 0.717) is 11.0 Å². The van der Waals surface area contributed by atoms with Crippen LogP contribution in [0.15, 0.2) is 54.6 Å². The Kier molecular flexibility index (Phi) is 5.58. The number of para-hydroxylation sites is 1. The lowest BCUT2D eigenvalue weighted by molar-refractivity contribution is 0.627. The van der Waals surface area contributed by atoms with E-state index in [1.54, 1.807) is 0 Å². The Morgan fingerprint density at radius 3 is 2.10 bits per heavy atom. The van der Waals surface area contributed by atoms with Crippen molar-refractivity contribution in [2.75, 3.05) is 17.2 Å². The fraction of sp³-hybridized carbons (Fsp3) is 0.235. The zero-order valence-electron chi connectivity index (χ0n) is 12.4. The smallest absolute Gasteiger partial charge is 0.170 e. The van der Waals surface area contributed by atoms with Crippen LogP contribution in [-0.2, 0) is 0 Å². The van der Waals surface area contributed by atoms with Gasteiger partial charge in [0, 0.05) is 23.6 Å². The lowest BCUT2D eigenvalue weighted by atomic mass is 10.2. The van der Waals surface area contributed by atoms with Crippen molar-refractivity contribution in [3.05, 3.63) is 54.6 Å². The molecule has 2 aromatic carbocycles. The Morgan fingerprint density at radius 1 is 0.905 bits per heavy atom. The molecule has 0 aliphatic rings. The molecule has 0 atom stereocenters. The number of rotatable bonds is 5. The molecular formula is C17H21N3S. The number of hydrogen-bond acceptors (Lipinski definition) is 2. The molecule has 0 aliphatic carbocycles. The molecule has 3 N–H and O–H groups in total. The number of hydrogen-bond donors (Lipinski definition) is 3. The topological polar surface area (TPSA) is 36.1 Å². The molecule has 0 spiro atoms. The van der Waals surface area contributed by atoms with Crippen LogP contribution in [0.25, 0.3) is 0 Å². The SMILES string of the molecule is CC(C)CNC(=S)Nc1ccc(Nc2ccccc2)cc1. The molecule has 0 bridgehead atoms. The van der Waals surface area contributed by atoms with E-state index in [1.165, 1.54) is 0 Å². The third-order valence-electron chi connectivity index (χ3n) is 2.88. The van der Waals surface area contributed by atoms with E-state index in [0.717, 1.165) is 23.6 Å². The van der Waals surface area contributed by atoms with Gasteiger partial charge in [-0.25, -0.2) is 0 Å². The molecule has 21 heavy (non-hydrogen) atoms. The van der Waals surface area contributed by atoms with Crippen molar-refractivity contribution in [2.24, 2.45) is 5.92 Å². The maximum Gasteiger partial charge on any atom is 0.170 e. The van der Waals surface area contributed by atoms with Gasteiger partial charge in [-0.15, -0.1) is 0 Å². The highest BCUT2D eigenvalue weighted by Crippen LogP contribution is 2.18. The summed E-state index contributed by atoms with van der Waals surface area (Å²) in [4.78, 5) is 0. The average Bonchev–Trinajstić information content (AvgIpc) is 2.48. The number of thiocarbonyl (C=S) groups is 1. The van der Waals surface area contributed by atoms with Crippen molar-refractivity contribution in [1.82, 2.24) is 5.32 Å². The zero-order chi connectivity index (χ0) is 15.1. The van der Waals surface area contributed by atoms with Crippen molar-refractivity contribution in [3.8, 4) is 0 Å². The quantitative estimate of drug-likeness (QED) is 0.716. The van der Waals surface area contributed by atoms with Crippen LogP contribution in [0.1, 0.15) is 13.8 Å². The first-order valence-corrected chi connectivity index (χ1v) is 7.51. The Balaban J connectivity index is 1.88. The zero-order valence-corrected chi connectivity index (χ0v) is 13.2. The Hall–Kier alpha value is -2.07. The molecule has 0 saturated heterocycles. The van der Waals surface area contributed by atoms with Gasteiger partial charge >= 0.3 is 0 Å². The minimum atomic E-state index is 0.571. The van der Waals surface area contributed by atoms with Gasteiger partial charge in [-0.3, -0.25) is 0 Å². The Labute approximate surface area is 131 Å². The molecule has 0 aromatic heterocycles. The largest absolute Gasteiger partial charge is 0.362 e. The summed E-state index contributed by atoms with van der Waals surface area (Å²) < 4.78 is 0. The van der Waals surface area contributed by atoms with Crippen LogP contribution in [0.2, 0.25) is 0 Å². The van der Waals surface area contributed by atoms with E-state index in [9.17, 15) is 0 Å². The molecule has 0 saturated carbocycles. The number of benzene rings is 2. The fourth-order valence-electron chi connectivity index (χ4n) is 1.80. The molecule has 0 heterocycles. The summed E-state index contributed by atoms with van der Waals surface area (Å²) >= 11 is 5.25. The molecule has 3 nitrogen and oxygen atoms in total. The van der Waals surface area contributed by atoms with E-state index in [1.807, 2.05) is 54.6 Å². The Bertz CT molecular complexity index is 564. The summed E-state index contributed by atoms with van der Waals surface area (Å²) in [6.07, 6.45) is 0. The number of anilines is 3. The summed E-state index contributed by atoms with van der Waals surface area (Å²) in [6, 6.07) is 18.2. The highest BCUT2D eigenvalue weighted by Gasteiger charge is 1.99. The van der Waals surface area contributed by atoms with Crippen LogP contribution in [0.4, 0.5) is 17.1 Å². The van der Waals surface area contributed by atoms with Crippen molar-refractivity contribution in [1.29, 1.82) is 0 Å². The van der Waals surface area contributed by atoms with Crippen LogP contribution in [0.3, 0.4) is 0 Å². The summed E-state index contributed by atoms with van der Waals surface area (Å²) in [6.45, 7) is 5.18. The second-order valence-corrected chi connectivity index (χ2v) is 5.71. The van der Waals surface area contributed by atoms with E-state index in [-0.39, 0.29) is 0 Å². The van der Waals surface area contributed by atoms with Crippen LogP contribution in [0, 0.1) is 5.92 Å². The third-order valence-corrected chi connectivity index (χ3v) is 3.12. The van der Waals surface area contributed by atoms with Gasteiger partial charge in [0.2, 0.25) is 0 Å². The Morgan fingerprint density at radius 2 is 1.48 bits per heavy atom. The van der Waals surface area contributed by atoms with Gasteiger partial charge in [0.15, 0.2) is 5.11 Å². The van der Waals surface area contributed by atoms with Crippen LogP contribution >= 0.6 is 12.2 Å². The van der Waals surface area contributed by atoms with Gasteiger partial charge in [0.25, 0.3) is 0 Å². The monoisotopic (exact) mass is 299 g/mol. The predicted octanol–water partition coefficient (Wildman–Crippen LogP) is 4.37. The first-order valence-electron chi connectivity index (χ1n) is 7.10. The summed E-state index contributed by atoms with van der Waals surface area (Å²) in [5.74, 6) is 0.571. The van der Waals surface area contributed by atoms with E-state index in [4.69, 9.17) is 12.2 Å². The first-order chi connectivity index (χ1) is 10.1.